The zero-order valence-electron chi connectivity index (χ0n) is 27.7. The van der Waals surface area contributed by atoms with Crippen LogP contribution in [-0.2, 0) is 6.42 Å². The highest BCUT2D eigenvalue weighted by atomic mass is 35.5. The van der Waals surface area contributed by atoms with E-state index >= 15 is 0 Å². The van der Waals surface area contributed by atoms with Crippen molar-refractivity contribution in [2.45, 2.75) is 51.3 Å². The molecular formula is C35H40Cl2F2N10. The van der Waals surface area contributed by atoms with E-state index in [1.807, 2.05) is 11.6 Å². The largest absolute Gasteiger partial charge is 0.383 e. The molecule has 0 atom stereocenters. The molecule has 0 spiro atoms. The van der Waals surface area contributed by atoms with Gasteiger partial charge in [0.25, 0.3) is 0 Å². The molecule has 1 fully saturated rings. The van der Waals surface area contributed by atoms with Gasteiger partial charge in [0.1, 0.15) is 12.1 Å². The van der Waals surface area contributed by atoms with Gasteiger partial charge >= 0.3 is 5.38 Å². The van der Waals surface area contributed by atoms with E-state index in [1.54, 1.807) is 12.1 Å². The van der Waals surface area contributed by atoms with Crippen LogP contribution in [0.25, 0.3) is 17.0 Å². The van der Waals surface area contributed by atoms with Crippen molar-refractivity contribution in [3.8, 4) is 0 Å². The molecule has 1 aliphatic carbocycles. The van der Waals surface area contributed by atoms with Crippen LogP contribution in [0.2, 0.25) is 5.02 Å². The summed E-state index contributed by atoms with van der Waals surface area (Å²) in [6.07, 6.45) is 7.27. The number of fused-ring (bicyclic) bond motifs is 1. The fourth-order valence-electron chi connectivity index (χ4n) is 6.55. The topological polar surface area (TPSA) is 104 Å². The van der Waals surface area contributed by atoms with Crippen LogP contribution >= 0.6 is 23.2 Å². The highest BCUT2D eigenvalue weighted by Crippen LogP contribution is 2.38. The molecule has 1 saturated heterocycles. The Morgan fingerprint density at radius 1 is 1.10 bits per heavy atom. The minimum Gasteiger partial charge on any atom is -0.383 e. The second-order valence-electron chi connectivity index (χ2n) is 12.6. The summed E-state index contributed by atoms with van der Waals surface area (Å²) < 4.78 is 28.6. The number of alkyl halides is 3. The molecule has 6 rings (SSSR count). The van der Waals surface area contributed by atoms with E-state index in [-0.39, 0.29) is 5.02 Å². The Bertz CT molecular complexity index is 1870. The monoisotopic (exact) mass is 708 g/mol. The predicted molar refractivity (Wildman–Crippen MR) is 194 cm³/mol. The number of rotatable bonds is 10. The maximum absolute atomic E-state index is 13.4. The third kappa shape index (κ3) is 7.30. The van der Waals surface area contributed by atoms with Crippen molar-refractivity contribution >= 4 is 57.6 Å². The zero-order valence-corrected chi connectivity index (χ0v) is 29.3. The Balaban J connectivity index is 1.25. The molecule has 4 heterocycles. The first-order chi connectivity index (χ1) is 23.3. The quantitative estimate of drug-likeness (QED) is 0.209. The van der Waals surface area contributed by atoms with Crippen molar-refractivity contribution in [2.24, 2.45) is 0 Å². The number of hydrogen-bond donors (Lipinski definition) is 2. The van der Waals surface area contributed by atoms with Gasteiger partial charge in [0.15, 0.2) is 5.82 Å². The molecule has 2 aromatic heterocycles. The van der Waals surface area contributed by atoms with Gasteiger partial charge in [-0.15, -0.1) is 5.10 Å². The molecule has 0 unspecified atom stereocenters. The summed E-state index contributed by atoms with van der Waals surface area (Å²) in [6, 6.07) is 4.71. The highest BCUT2D eigenvalue weighted by Gasteiger charge is 2.34. The smallest absolute Gasteiger partial charge is 0.325 e. The molecule has 49 heavy (non-hydrogen) atoms. The molecule has 258 valence electrons. The fraction of sp³-hybridized carbons (Fsp3) is 0.371. The average Bonchev–Trinajstić information content (AvgIpc) is 3.51. The summed E-state index contributed by atoms with van der Waals surface area (Å²) in [5.41, 5.74) is 13.7. The lowest BCUT2D eigenvalue weighted by Gasteiger charge is -2.42. The Hall–Kier alpha value is -4.42. The number of nitrogens with one attached hydrogen (secondary N) is 1. The number of nitrogen functional groups attached to an aromatic ring is 1. The first kappa shape index (κ1) is 34.4. The van der Waals surface area contributed by atoms with Crippen LogP contribution < -0.4 is 16.0 Å². The van der Waals surface area contributed by atoms with Crippen molar-refractivity contribution in [3.05, 3.63) is 95.1 Å². The summed E-state index contributed by atoms with van der Waals surface area (Å²) in [6.45, 7) is 20.3. The van der Waals surface area contributed by atoms with Crippen LogP contribution in [0.5, 0.6) is 0 Å². The molecule has 1 aromatic carbocycles. The first-order valence-electron chi connectivity index (χ1n) is 16.2. The van der Waals surface area contributed by atoms with Gasteiger partial charge < -0.3 is 25.8 Å². The number of anilines is 3. The van der Waals surface area contributed by atoms with E-state index in [9.17, 15) is 8.78 Å². The molecule has 14 heteroatoms. The Kier molecular flexibility index (Phi) is 9.72. The minimum absolute atomic E-state index is 0.286. The van der Waals surface area contributed by atoms with E-state index in [1.165, 1.54) is 12.4 Å². The minimum atomic E-state index is -3.35. The van der Waals surface area contributed by atoms with Crippen LogP contribution in [0.4, 0.5) is 26.2 Å². The number of halogens is 4. The summed E-state index contributed by atoms with van der Waals surface area (Å²) in [5, 5.41) is 5.17. The first-order valence-corrected chi connectivity index (χ1v) is 17.0. The van der Waals surface area contributed by atoms with Gasteiger partial charge in [-0.25, -0.2) is 9.97 Å². The number of piperazine rings is 1. The molecule has 0 amide bonds. The number of hydrogen-bond acceptors (Lipinski definition) is 9. The number of benzene rings is 1. The molecule has 10 nitrogen and oxygen atoms in total. The van der Waals surface area contributed by atoms with Gasteiger partial charge in [-0.3, -0.25) is 0 Å². The van der Waals surface area contributed by atoms with Crippen molar-refractivity contribution in [1.29, 1.82) is 0 Å². The summed E-state index contributed by atoms with van der Waals surface area (Å²) in [4.78, 5) is 20.2. The Labute approximate surface area is 295 Å². The zero-order chi connectivity index (χ0) is 35.0. The van der Waals surface area contributed by atoms with Crippen LogP contribution in [-0.4, -0.2) is 72.6 Å². The molecule has 2 aliphatic heterocycles. The lowest BCUT2D eigenvalue weighted by Crippen LogP contribution is -2.47. The third-order valence-corrected chi connectivity index (χ3v) is 9.61. The molecule has 3 aromatic rings. The summed E-state index contributed by atoms with van der Waals surface area (Å²) in [7, 11) is 0. The van der Waals surface area contributed by atoms with Crippen molar-refractivity contribution in [2.75, 3.05) is 48.7 Å². The van der Waals surface area contributed by atoms with Crippen molar-refractivity contribution < 1.29 is 8.78 Å². The van der Waals surface area contributed by atoms with Crippen LogP contribution in [0.15, 0.2) is 67.4 Å². The maximum Gasteiger partial charge on any atom is 0.325 e. The van der Waals surface area contributed by atoms with E-state index in [4.69, 9.17) is 39.0 Å². The van der Waals surface area contributed by atoms with Gasteiger partial charge in [-0.1, -0.05) is 43.5 Å². The molecular weight excluding hydrogens is 669 g/mol. The highest BCUT2D eigenvalue weighted by molar-refractivity contribution is 6.33. The Morgan fingerprint density at radius 3 is 2.53 bits per heavy atom. The molecule has 0 bridgehead atoms. The predicted octanol–water partition coefficient (Wildman–Crippen LogP) is 7.38. The normalized spacial score (nSPS) is 16.9. The number of aromatic nitrogens is 5. The van der Waals surface area contributed by atoms with Gasteiger partial charge in [-0.2, -0.15) is 18.4 Å². The van der Waals surface area contributed by atoms with Gasteiger partial charge in [0.2, 0.25) is 5.95 Å². The Morgan fingerprint density at radius 2 is 1.86 bits per heavy atom. The summed E-state index contributed by atoms with van der Waals surface area (Å²) >= 11 is 11.6. The van der Waals surface area contributed by atoms with E-state index in [0.717, 1.165) is 65.3 Å². The van der Waals surface area contributed by atoms with E-state index < -0.39 is 11.8 Å². The number of nitrogens with zero attached hydrogens (tertiary/aromatic N) is 8. The fourth-order valence-corrected chi connectivity index (χ4v) is 6.96. The van der Waals surface area contributed by atoms with Crippen molar-refractivity contribution in [1.82, 2.24) is 34.5 Å². The molecule has 3 N–H and O–H groups in total. The SMILES string of the molecule is C=C(CN1C(C)=C(N2CCN(C(=C)c3ncnc(N)c3C)CC2)C(=C)n2nc(C3=CCCCC3)nc21)Nc1ccc(CC(F)(F)Cl)cc1Cl. The van der Waals surface area contributed by atoms with Crippen molar-refractivity contribution in [3.63, 3.8) is 0 Å². The van der Waals surface area contributed by atoms with Gasteiger partial charge in [0, 0.05) is 43.1 Å². The van der Waals surface area contributed by atoms with E-state index in [2.05, 4.69) is 62.7 Å². The van der Waals surface area contributed by atoms with Gasteiger partial charge in [0.05, 0.1) is 46.5 Å². The number of allylic oxidation sites excluding steroid dienone is 4. The lowest BCUT2D eigenvalue weighted by atomic mass is 9.99. The second kappa shape index (κ2) is 13.8. The van der Waals surface area contributed by atoms with Gasteiger partial charge in [-0.05, 0) is 74.4 Å². The molecule has 0 radical (unpaired) electrons. The van der Waals surface area contributed by atoms with Crippen LogP contribution in [0.3, 0.4) is 0 Å². The molecule has 0 saturated carbocycles. The average molecular weight is 710 g/mol. The number of nitrogens with two attached hydrogens (primary N) is 1. The maximum atomic E-state index is 13.4. The van der Waals surface area contributed by atoms with E-state index in [0.29, 0.717) is 67.3 Å². The van der Waals surface area contributed by atoms with Crippen LogP contribution in [0.1, 0.15) is 55.3 Å². The standard InChI is InChI=1S/C35H40Cl2F2N10/c1-21(43-29-12-11-26(17-28(29)36)18-35(37,38)39)19-48-24(4)31(25(5)49-34(48)44-33(45-49)27-9-7-6-8-10-27)47-15-13-46(14-16-47)23(3)30-22(2)32(40)42-20-41-30/h9,11-12,17,20,43H,1,3,5-8,10,13-16,18-19H2,2,4H3,(H2,40,41,42). The lowest BCUT2D eigenvalue weighted by molar-refractivity contribution is 0.0970. The second-order valence-corrected chi connectivity index (χ2v) is 13.5. The summed E-state index contributed by atoms with van der Waals surface area (Å²) in [5.74, 6) is 1.79. The molecule has 3 aliphatic rings. The third-order valence-electron chi connectivity index (χ3n) is 9.16. The van der Waals surface area contributed by atoms with Crippen LogP contribution in [0, 0.1) is 6.92 Å².